The van der Waals surface area contributed by atoms with Crippen LogP contribution in [0.2, 0.25) is 0 Å². The van der Waals surface area contributed by atoms with Crippen LogP contribution in [0.4, 0.5) is 8.78 Å². The van der Waals surface area contributed by atoms with Crippen molar-refractivity contribution in [3.63, 3.8) is 0 Å². The molecule has 1 heterocycles. The maximum absolute atomic E-state index is 13.4. The van der Waals surface area contributed by atoms with Crippen LogP contribution in [-0.2, 0) is 0 Å². The Morgan fingerprint density at radius 2 is 1.81 bits per heavy atom. The molecule has 16 heavy (non-hydrogen) atoms. The van der Waals surface area contributed by atoms with Gasteiger partial charge in [0.15, 0.2) is 0 Å². The molecule has 0 saturated heterocycles. The van der Waals surface area contributed by atoms with Gasteiger partial charge in [0.25, 0.3) is 0 Å². The highest BCUT2D eigenvalue weighted by Gasteiger charge is 2.23. The zero-order chi connectivity index (χ0) is 11.7. The number of aryl methyl sites for hydroxylation is 1. The van der Waals surface area contributed by atoms with Crippen molar-refractivity contribution in [2.45, 2.75) is 13.0 Å². The number of rotatable bonds is 2. The minimum atomic E-state index is -1.42. The molecule has 0 amide bonds. The molecule has 1 aromatic carbocycles. The molecule has 1 N–H and O–H groups in total. The van der Waals surface area contributed by atoms with Crippen LogP contribution in [-0.4, -0.2) is 5.11 Å². The van der Waals surface area contributed by atoms with Gasteiger partial charge in [-0.05, 0) is 30.7 Å². The molecule has 2 nitrogen and oxygen atoms in total. The Morgan fingerprint density at radius 1 is 1.19 bits per heavy atom. The van der Waals surface area contributed by atoms with E-state index in [0.717, 1.165) is 12.1 Å². The summed E-state index contributed by atoms with van der Waals surface area (Å²) in [7, 11) is 0. The summed E-state index contributed by atoms with van der Waals surface area (Å²) in [5.41, 5.74) is 0.260. The van der Waals surface area contributed by atoms with Gasteiger partial charge in [0.1, 0.15) is 23.5 Å². The highest BCUT2D eigenvalue weighted by molar-refractivity contribution is 5.30. The van der Waals surface area contributed by atoms with Crippen molar-refractivity contribution in [2.24, 2.45) is 0 Å². The Bertz CT molecular complexity index is 485. The van der Waals surface area contributed by atoms with Crippen LogP contribution in [0.5, 0.6) is 0 Å². The molecule has 0 fully saturated rings. The molecule has 2 aromatic rings. The quantitative estimate of drug-likeness (QED) is 0.850. The van der Waals surface area contributed by atoms with Gasteiger partial charge in [0.2, 0.25) is 0 Å². The van der Waals surface area contributed by atoms with Crippen LogP contribution in [0.3, 0.4) is 0 Å². The van der Waals surface area contributed by atoms with Gasteiger partial charge < -0.3 is 9.52 Å². The first-order chi connectivity index (χ1) is 7.61. The minimum Gasteiger partial charge on any atom is -0.466 e. The fourth-order valence-electron chi connectivity index (χ4n) is 1.57. The highest BCUT2D eigenvalue weighted by atomic mass is 19.1. The van der Waals surface area contributed by atoms with Crippen molar-refractivity contribution in [3.8, 4) is 0 Å². The molecule has 1 atom stereocenters. The van der Waals surface area contributed by atoms with Gasteiger partial charge in [-0.15, -0.1) is 0 Å². The Kier molecular flexibility index (Phi) is 2.75. The second-order valence-electron chi connectivity index (χ2n) is 3.51. The number of furan rings is 1. The van der Waals surface area contributed by atoms with E-state index in [9.17, 15) is 13.9 Å². The molecule has 1 aromatic heterocycles. The SMILES string of the molecule is Cc1ccoc1C(O)c1c(F)cccc1F. The normalized spacial score (nSPS) is 12.8. The fourth-order valence-corrected chi connectivity index (χ4v) is 1.57. The molecule has 0 aliphatic rings. The van der Waals surface area contributed by atoms with Crippen LogP contribution in [0.15, 0.2) is 34.9 Å². The average molecular weight is 224 g/mol. The first-order valence-electron chi connectivity index (χ1n) is 4.77. The Balaban J connectivity index is 2.49. The molecule has 0 aliphatic heterocycles. The van der Waals surface area contributed by atoms with Crippen molar-refractivity contribution >= 4 is 0 Å². The van der Waals surface area contributed by atoms with Crippen LogP contribution in [0.1, 0.15) is 23.0 Å². The number of hydrogen-bond acceptors (Lipinski definition) is 2. The number of benzene rings is 1. The number of aliphatic hydroxyl groups is 1. The van der Waals surface area contributed by atoms with Crippen LogP contribution in [0, 0.1) is 18.6 Å². The molecular formula is C12H10F2O2. The summed E-state index contributed by atoms with van der Waals surface area (Å²) in [6.45, 7) is 1.70. The molecule has 4 heteroatoms. The van der Waals surface area contributed by atoms with E-state index in [1.54, 1.807) is 13.0 Å². The van der Waals surface area contributed by atoms with E-state index >= 15 is 0 Å². The van der Waals surface area contributed by atoms with E-state index in [-0.39, 0.29) is 11.3 Å². The van der Waals surface area contributed by atoms with E-state index in [1.807, 2.05) is 0 Å². The summed E-state index contributed by atoms with van der Waals surface area (Å²) in [5.74, 6) is -1.42. The van der Waals surface area contributed by atoms with Crippen LogP contribution >= 0.6 is 0 Å². The number of hydrogen-bond donors (Lipinski definition) is 1. The molecule has 0 saturated carbocycles. The van der Waals surface area contributed by atoms with Gasteiger partial charge in [-0.2, -0.15) is 0 Å². The van der Waals surface area contributed by atoms with E-state index in [1.165, 1.54) is 12.3 Å². The van der Waals surface area contributed by atoms with E-state index < -0.39 is 17.7 Å². The third-order valence-corrected chi connectivity index (χ3v) is 2.42. The van der Waals surface area contributed by atoms with Crippen LogP contribution < -0.4 is 0 Å². The number of halogens is 2. The minimum absolute atomic E-state index is 0.156. The van der Waals surface area contributed by atoms with Gasteiger partial charge in [0.05, 0.1) is 11.8 Å². The first kappa shape index (κ1) is 10.8. The summed E-state index contributed by atoms with van der Waals surface area (Å²) in [6, 6.07) is 5.06. The molecule has 84 valence electrons. The smallest absolute Gasteiger partial charge is 0.143 e. The molecule has 0 bridgehead atoms. The topological polar surface area (TPSA) is 33.4 Å². The Morgan fingerprint density at radius 3 is 2.31 bits per heavy atom. The molecule has 1 unspecified atom stereocenters. The summed E-state index contributed by atoms with van der Waals surface area (Å²) >= 11 is 0. The van der Waals surface area contributed by atoms with E-state index in [2.05, 4.69) is 0 Å². The maximum atomic E-state index is 13.4. The van der Waals surface area contributed by atoms with E-state index in [4.69, 9.17) is 4.42 Å². The number of aliphatic hydroxyl groups excluding tert-OH is 1. The summed E-state index contributed by atoms with van der Waals surface area (Å²) in [6.07, 6.45) is -0.0525. The maximum Gasteiger partial charge on any atom is 0.143 e. The van der Waals surface area contributed by atoms with Gasteiger partial charge in [-0.25, -0.2) is 8.78 Å². The zero-order valence-corrected chi connectivity index (χ0v) is 8.58. The zero-order valence-electron chi connectivity index (χ0n) is 8.58. The largest absolute Gasteiger partial charge is 0.466 e. The van der Waals surface area contributed by atoms with Gasteiger partial charge in [-0.3, -0.25) is 0 Å². The summed E-state index contributed by atoms with van der Waals surface area (Å²) in [5, 5.41) is 9.85. The predicted octanol–water partition coefficient (Wildman–Crippen LogP) is 2.95. The lowest BCUT2D eigenvalue weighted by Crippen LogP contribution is -2.05. The highest BCUT2D eigenvalue weighted by Crippen LogP contribution is 2.29. The first-order valence-corrected chi connectivity index (χ1v) is 4.77. The predicted molar refractivity (Wildman–Crippen MR) is 53.9 cm³/mol. The van der Waals surface area contributed by atoms with Crippen molar-refractivity contribution in [3.05, 3.63) is 59.1 Å². The molecule has 0 radical (unpaired) electrons. The summed E-state index contributed by atoms with van der Waals surface area (Å²) in [4.78, 5) is 0. The fraction of sp³-hybridized carbons (Fsp3) is 0.167. The van der Waals surface area contributed by atoms with Gasteiger partial charge in [-0.1, -0.05) is 6.07 Å². The van der Waals surface area contributed by atoms with Gasteiger partial charge >= 0.3 is 0 Å². The molecule has 0 aliphatic carbocycles. The van der Waals surface area contributed by atoms with Crippen LogP contribution in [0.25, 0.3) is 0 Å². The molecule has 0 spiro atoms. The van der Waals surface area contributed by atoms with E-state index in [0.29, 0.717) is 5.56 Å². The third kappa shape index (κ3) is 1.72. The molecular weight excluding hydrogens is 214 g/mol. The Labute approximate surface area is 91.1 Å². The van der Waals surface area contributed by atoms with Crippen molar-refractivity contribution in [1.29, 1.82) is 0 Å². The molecule has 2 rings (SSSR count). The average Bonchev–Trinajstić information content (AvgIpc) is 2.64. The van der Waals surface area contributed by atoms with Gasteiger partial charge in [0, 0.05) is 0 Å². The second kappa shape index (κ2) is 4.06. The standard InChI is InChI=1S/C12H10F2O2/c1-7-5-6-16-12(7)11(15)10-8(13)3-2-4-9(10)14/h2-6,11,15H,1H3. The third-order valence-electron chi connectivity index (χ3n) is 2.42. The lowest BCUT2D eigenvalue weighted by atomic mass is 10.0. The lowest BCUT2D eigenvalue weighted by molar-refractivity contribution is 0.178. The Hall–Kier alpha value is -1.68. The summed E-state index contributed by atoms with van der Waals surface area (Å²) < 4.78 is 31.8. The monoisotopic (exact) mass is 224 g/mol. The van der Waals surface area contributed by atoms with Crippen molar-refractivity contribution in [1.82, 2.24) is 0 Å². The lowest BCUT2D eigenvalue weighted by Gasteiger charge is -2.11. The second-order valence-corrected chi connectivity index (χ2v) is 3.51. The van der Waals surface area contributed by atoms with Crippen molar-refractivity contribution in [2.75, 3.05) is 0 Å². The van der Waals surface area contributed by atoms with Crippen molar-refractivity contribution < 1.29 is 18.3 Å².